The maximum absolute atomic E-state index is 5.47. The molecule has 0 amide bonds. The maximum Gasteiger partial charge on any atom is 0.187 e. The number of hydrogen-bond acceptors (Lipinski definition) is 6. The molecule has 0 radical (unpaired) electrons. The molecule has 0 aliphatic heterocycles. The normalized spacial score (nSPS) is 10.5. The SMILES string of the molecule is COc1ccc(-c2csc(Nc3ccccc3SC)n2)c(OC)c1. The Bertz CT molecular complexity index is 833. The Hall–Kier alpha value is -2.18. The van der Waals surface area contributed by atoms with E-state index in [1.807, 2.05) is 35.7 Å². The van der Waals surface area contributed by atoms with Crippen molar-refractivity contribution in [3.63, 3.8) is 0 Å². The topological polar surface area (TPSA) is 43.4 Å². The minimum atomic E-state index is 0.746. The Balaban J connectivity index is 1.88. The average molecular weight is 358 g/mol. The highest BCUT2D eigenvalue weighted by Gasteiger charge is 2.12. The lowest BCUT2D eigenvalue weighted by atomic mass is 10.1. The molecule has 0 bridgehead atoms. The summed E-state index contributed by atoms with van der Waals surface area (Å²) in [6.45, 7) is 0. The van der Waals surface area contributed by atoms with Crippen LogP contribution in [-0.4, -0.2) is 25.5 Å². The summed E-state index contributed by atoms with van der Waals surface area (Å²) in [5.74, 6) is 1.51. The minimum absolute atomic E-state index is 0.746. The summed E-state index contributed by atoms with van der Waals surface area (Å²) >= 11 is 3.28. The predicted molar refractivity (Wildman–Crippen MR) is 102 cm³/mol. The van der Waals surface area contributed by atoms with Crippen LogP contribution in [0.2, 0.25) is 0 Å². The van der Waals surface area contributed by atoms with E-state index in [9.17, 15) is 0 Å². The van der Waals surface area contributed by atoms with Gasteiger partial charge in [-0.15, -0.1) is 23.1 Å². The van der Waals surface area contributed by atoms with Crippen LogP contribution in [0.4, 0.5) is 10.8 Å². The third-order valence-corrected chi connectivity index (χ3v) is 5.09. The number of hydrogen-bond donors (Lipinski definition) is 1. The molecule has 2 aromatic carbocycles. The van der Waals surface area contributed by atoms with Crippen LogP contribution in [0, 0.1) is 0 Å². The van der Waals surface area contributed by atoms with Crippen molar-refractivity contribution in [1.29, 1.82) is 0 Å². The molecule has 0 spiro atoms. The lowest BCUT2D eigenvalue weighted by molar-refractivity contribution is 0.395. The number of benzene rings is 2. The van der Waals surface area contributed by atoms with Crippen molar-refractivity contribution in [3.8, 4) is 22.8 Å². The summed E-state index contributed by atoms with van der Waals surface area (Å²) in [7, 11) is 3.29. The van der Waals surface area contributed by atoms with E-state index in [1.165, 1.54) is 4.90 Å². The fourth-order valence-corrected chi connectivity index (χ4v) is 3.60. The van der Waals surface area contributed by atoms with Crippen LogP contribution in [0.3, 0.4) is 0 Å². The third-order valence-electron chi connectivity index (χ3n) is 3.54. The Kier molecular flexibility index (Phi) is 5.27. The zero-order valence-electron chi connectivity index (χ0n) is 13.7. The number of methoxy groups -OCH3 is 2. The molecule has 6 heteroatoms. The number of nitrogens with zero attached hydrogens (tertiary/aromatic N) is 1. The number of thioether (sulfide) groups is 1. The van der Waals surface area contributed by atoms with Crippen molar-refractivity contribution in [2.24, 2.45) is 0 Å². The van der Waals surface area contributed by atoms with E-state index in [0.29, 0.717) is 0 Å². The molecular weight excluding hydrogens is 340 g/mol. The van der Waals surface area contributed by atoms with E-state index in [4.69, 9.17) is 14.5 Å². The van der Waals surface area contributed by atoms with Crippen molar-refractivity contribution in [2.45, 2.75) is 4.90 Å². The zero-order chi connectivity index (χ0) is 16.9. The van der Waals surface area contributed by atoms with Gasteiger partial charge in [0.15, 0.2) is 5.13 Å². The van der Waals surface area contributed by atoms with Crippen LogP contribution in [0.1, 0.15) is 0 Å². The second-order valence-corrected chi connectivity index (χ2v) is 6.64. The molecule has 0 atom stereocenters. The summed E-state index contributed by atoms with van der Waals surface area (Å²) in [6, 6.07) is 13.9. The standard InChI is InChI=1S/C18H18N2O2S2/c1-21-12-8-9-13(16(10-12)22-2)15-11-24-18(20-15)19-14-6-4-5-7-17(14)23-3/h4-11H,1-3H3,(H,19,20). The molecule has 3 aromatic rings. The lowest BCUT2D eigenvalue weighted by Crippen LogP contribution is -1.93. The molecule has 0 unspecified atom stereocenters. The van der Waals surface area contributed by atoms with Crippen LogP contribution in [0.25, 0.3) is 11.3 Å². The second-order valence-electron chi connectivity index (χ2n) is 4.93. The molecular formula is C18H18N2O2S2. The number of para-hydroxylation sites is 1. The van der Waals surface area contributed by atoms with Gasteiger partial charge in [0, 0.05) is 21.9 Å². The van der Waals surface area contributed by atoms with E-state index in [-0.39, 0.29) is 0 Å². The largest absolute Gasteiger partial charge is 0.497 e. The molecule has 0 aliphatic rings. The summed E-state index contributed by atoms with van der Waals surface area (Å²) in [5, 5.41) is 6.27. The smallest absolute Gasteiger partial charge is 0.187 e. The molecule has 4 nitrogen and oxygen atoms in total. The summed E-state index contributed by atoms with van der Waals surface area (Å²) in [4.78, 5) is 5.88. The average Bonchev–Trinajstić information content (AvgIpc) is 3.09. The van der Waals surface area contributed by atoms with E-state index in [0.717, 1.165) is 33.6 Å². The predicted octanol–water partition coefficient (Wildman–Crippen LogP) is 5.29. The number of anilines is 2. The van der Waals surface area contributed by atoms with Gasteiger partial charge in [-0.1, -0.05) is 12.1 Å². The minimum Gasteiger partial charge on any atom is -0.497 e. The Morgan fingerprint density at radius 3 is 2.67 bits per heavy atom. The molecule has 124 valence electrons. The van der Waals surface area contributed by atoms with Gasteiger partial charge in [0.1, 0.15) is 11.5 Å². The fourth-order valence-electron chi connectivity index (χ4n) is 2.33. The number of nitrogens with one attached hydrogen (secondary N) is 1. The van der Waals surface area contributed by atoms with Crippen molar-refractivity contribution >= 4 is 33.9 Å². The summed E-state index contributed by atoms with van der Waals surface area (Å²) in [6.07, 6.45) is 2.07. The van der Waals surface area contributed by atoms with Gasteiger partial charge in [-0.05, 0) is 30.5 Å². The van der Waals surface area contributed by atoms with Gasteiger partial charge < -0.3 is 14.8 Å². The van der Waals surface area contributed by atoms with Gasteiger partial charge in [0.05, 0.1) is 25.6 Å². The molecule has 0 saturated heterocycles. The number of aromatic nitrogens is 1. The molecule has 1 aromatic heterocycles. The monoisotopic (exact) mass is 358 g/mol. The van der Waals surface area contributed by atoms with E-state index < -0.39 is 0 Å². The van der Waals surface area contributed by atoms with Crippen LogP contribution in [0.5, 0.6) is 11.5 Å². The first-order valence-corrected chi connectivity index (χ1v) is 9.43. The highest BCUT2D eigenvalue weighted by molar-refractivity contribution is 7.98. The van der Waals surface area contributed by atoms with Crippen molar-refractivity contribution in [1.82, 2.24) is 4.98 Å². The maximum atomic E-state index is 5.47. The van der Waals surface area contributed by atoms with E-state index in [1.54, 1.807) is 37.3 Å². The molecule has 1 heterocycles. The van der Waals surface area contributed by atoms with Crippen molar-refractivity contribution in [2.75, 3.05) is 25.8 Å². The van der Waals surface area contributed by atoms with Crippen LogP contribution < -0.4 is 14.8 Å². The summed E-state index contributed by atoms with van der Waals surface area (Å²) in [5.41, 5.74) is 2.89. The third kappa shape index (κ3) is 3.49. The highest BCUT2D eigenvalue weighted by Crippen LogP contribution is 2.36. The first kappa shape index (κ1) is 16.7. The van der Waals surface area contributed by atoms with Crippen molar-refractivity contribution in [3.05, 3.63) is 47.8 Å². The Labute approximate surface area is 149 Å². The fraction of sp³-hybridized carbons (Fsp3) is 0.167. The molecule has 0 aliphatic carbocycles. The quantitative estimate of drug-likeness (QED) is 0.606. The summed E-state index contributed by atoms with van der Waals surface area (Å²) < 4.78 is 10.7. The number of rotatable bonds is 6. The Morgan fingerprint density at radius 2 is 1.92 bits per heavy atom. The zero-order valence-corrected chi connectivity index (χ0v) is 15.3. The second kappa shape index (κ2) is 7.59. The molecule has 0 saturated carbocycles. The van der Waals surface area contributed by atoms with Crippen LogP contribution in [-0.2, 0) is 0 Å². The molecule has 0 fully saturated rings. The van der Waals surface area contributed by atoms with Gasteiger partial charge in [-0.25, -0.2) is 4.98 Å². The Morgan fingerprint density at radius 1 is 1.08 bits per heavy atom. The highest BCUT2D eigenvalue weighted by atomic mass is 32.2. The molecule has 3 rings (SSSR count). The van der Waals surface area contributed by atoms with Gasteiger partial charge in [0.25, 0.3) is 0 Å². The van der Waals surface area contributed by atoms with E-state index >= 15 is 0 Å². The van der Waals surface area contributed by atoms with E-state index in [2.05, 4.69) is 23.7 Å². The first-order chi connectivity index (χ1) is 11.7. The van der Waals surface area contributed by atoms with Crippen molar-refractivity contribution < 1.29 is 9.47 Å². The lowest BCUT2D eigenvalue weighted by Gasteiger charge is -2.09. The van der Waals surface area contributed by atoms with Crippen LogP contribution in [0.15, 0.2) is 52.7 Å². The number of thiazole rings is 1. The van der Waals surface area contributed by atoms with Gasteiger partial charge in [0.2, 0.25) is 0 Å². The van der Waals surface area contributed by atoms with Gasteiger partial charge in [-0.2, -0.15) is 0 Å². The number of ether oxygens (including phenoxy) is 2. The van der Waals surface area contributed by atoms with Gasteiger partial charge >= 0.3 is 0 Å². The molecule has 1 N–H and O–H groups in total. The first-order valence-electron chi connectivity index (χ1n) is 7.33. The van der Waals surface area contributed by atoms with Gasteiger partial charge in [-0.3, -0.25) is 0 Å². The molecule has 24 heavy (non-hydrogen) atoms. The van der Waals surface area contributed by atoms with Crippen LogP contribution >= 0.6 is 23.1 Å².